The Morgan fingerprint density at radius 2 is 1.74 bits per heavy atom. The molecular formula is C18H13Cl2F3N4O3S. The number of aryl methyl sites for hydroxylation is 1. The number of benzene rings is 2. The van der Waals surface area contributed by atoms with Crippen LogP contribution in [-0.4, -0.2) is 29.3 Å². The molecule has 1 N–H and O–H groups in total. The van der Waals surface area contributed by atoms with Crippen molar-refractivity contribution < 1.29 is 26.4 Å². The van der Waals surface area contributed by atoms with Crippen molar-refractivity contribution in [1.29, 1.82) is 0 Å². The zero-order chi connectivity index (χ0) is 23.1. The zero-order valence-corrected chi connectivity index (χ0v) is 18.2. The monoisotopic (exact) mass is 492 g/mol. The SMILES string of the molecule is Cc1ccc(-n2nnc(C(=O)NS(=O)(=O)c3cc(C(F)(F)F)ccc3Cl)c2C)c(Cl)c1. The van der Waals surface area contributed by atoms with Crippen molar-refractivity contribution in [3.05, 3.63) is 69.0 Å². The number of hydrogen-bond acceptors (Lipinski definition) is 5. The molecule has 0 bridgehead atoms. The molecule has 0 saturated heterocycles. The number of carbonyl (C=O) groups is 1. The van der Waals surface area contributed by atoms with E-state index in [1.807, 2.05) is 6.92 Å². The minimum atomic E-state index is -4.80. The van der Waals surface area contributed by atoms with Gasteiger partial charge in [-0.2, -0.15) is 13.2 Å². The molecule has 0 unspecified atom stereocenters. The van der Waals surface area contributed by atoms with E-state index in [1.165, 1.54) is 11.6 Å². The molecule has 1 amide bonds. The highest BCUT2D eigenvalue weighted by molar-refractivity contribution is 7.90. The van der Waals surface area contributed by atoms with E-state index in [9.17, 15) is 26.4 Å². The fourth-order valence-corrected chi connectivity index (χ4v) is 4.46. The molecule has 0 aliphatic rings. The third kappa shape index (κ3) is 4.68. The van der Waals surface area contributed by atoms with Gasteiger partial charge in [0.2, 0.25) is 0 Å². The van der Waals surface area contributed by atoms with Crippen LogP contribution >= 0.6 is 23.2 Å². The molecule has 31 heavy (non-hydrogen) atoms. The number of halogens is 5. The van der Waals surface area contributed by atoms with Crippen LogP contribution in [0.3, 0.4) is 0 Å². The van der Waals surface area contributed by atoms with Gasteiger partial charge in [0.25, 0.3) is 15.9 Å². The van der Waals surface area contributed by atoms with E-state index in [4.69, 9.17) is 23.2 Å². The number of hydrogen-bond donors (Lipinski definition) is 1. The van der Waals surface area contributed by atoms with E-state index in [1.54, 1.807) is 22.9 Å². The summed E-state index contributed by atoms with van der Waals surface area (Å²) in [7, 11) is -4.74. The van der Waals surface area contributed by atoms with E-state index in [2.05, 4.69) is 10.3 Å². The highest BCUT2D eigenvalue weighted by Gasteiger charge is 2.33. The maximum Gasteiger partial charge on any atom is 0.416 e. The summed E-state index contributed by atoms with van der Waals surface area (Å²) in [4.78, 5) is 11.6. The predicted molar refractivity (Wildman–Crippen MR) is 107 cm³/mol. The van der Waals surface area contributed by atoms with Crippen LogP contribution in [0.15, 0.2) is 41.3 Å². The lowest BCUT2D eigenvalue weighted by molar-refractivity contribution is -0.137. The second-order valence-corrected chi connectivity index (χ2v) is 8.93. The van der Waals surface area contributed by atoms with Crippen LogP contribution < -0.4 is 4.72 Å². The van der Waals surface area contributed by atoms with Gasteiger partial charge in [-0.05, 0) is 49.7 Å². The highest BCUT2D eigenvalue weighted by Crippen LogP contribution is 2.33. The number of sulfonamides is 1. The number of aromatic nitrogens is 3. The summed E-state index contributed by atoms with van der Waals surface area (Å²) in [6.45, 7) is 3.28. The molecule has 0 aliphatic carbocycles. The van der Waals surface area contributed by atoms with Crippen LogP contribution in [0.25, 0.3) is 5.69 Å². The van der Waals surface area contributed by atoms with Gasteiger partial charge in [0.15, 0.2) is 5.69 Å². The lowest BCUT2D eigenvalue weighted by Crippen LogP contribution is -2.31. The smallest absolute Gasteiger partial charge is 0.266 e. The van der Waals surface area contributed by atoms with Crippen molar-refractivity contribution in [3.8, 4) is 5.69 Å². The third-order valence-corrected chi connectivity index (χ3v) is 6.33. The Morgan fingerprint density at radius 1 is 1.06 bits per heavy atom. The highest BCUT2D eigenvalue weighted by atomic mass is 35.5. The summed E-state index contributed by atoms with van der Waals surface area (Å²) >= 11 is 12.0. The molecule has 3 aromatic rings. The fourth-order valence-electron chi connectivity index (χ4n) is 2.66. The van der Waals surface area contributed by atoms with Crippen molar-refractivity contribution in [2.45, 2.75) is 24.9 Å². The molecule has 0 aliphatic heterocycles. The Labute approximate surface area is 184 Å². The maximum absolute atomic E-state index is 12.9. The van der Waals surface area contributed by atoms with Crippen LogP contribution in [0.2, 0.25) is 10.0 Å². The lowest BCUT2D eigenvalue weighted by Gasteiger charge is -2.11. The van der Waals surface area contributed by atoms with Crippen molar-refractivity contribution in [2.24, 2.45) is 0 Å². The van der Waals surface area contributed by atoms with E-state index in [-0.39, 0.29) is 11.4 Å². The second kappa shape index (κ2) is 8.13. The van der Waals surface area contributed by atoms with E-state index in [0.717, 1.165) is 11.6 Å². The van der Waals surface area contributed by atoms with E-state index >= 15 is 0 Å². The lowest BCUT2D eigenvalue weighted by atomic mass is 10.2. The third-order valence-electron chi connectivity index (χ3n) is 4.22. The van der Waals surface area contributed by atoms with E-state index in [0.29, 0.717) is 22.8 Å². The summed E-state index contributed by atoms with van der Waals surface area (Å²) < 4.78 is 66.8. The Morgan fingerprint density at radius 3 is 2.35 bits per heavy atom. The molecule has 7 nitrogen and oxygen atoms in total. The van der Waals surface area contributed by atoms with Gasteiger partial charge in [-0.15, -0.1) is 5.10 Å². The second-order valence-electron chi connectivity index (χ2n) is 6.47. The average Bonchev–Trinajstić information content (AvgIpc) is 3.02. The Kier molecular flexibility index (Phi) is 6.05. The van der Waals surface area contributed by atoms with Gasteiger partial charge in [0, 0.05) is 0 Å². The van der Waals surface area contributed by atoms with Crippen LogP contribution in [0.1, 0.15) is 27.3 Å². The van der Waals surface area contributed by atoms with Gasteiger partial charge in [-0.25, -0.2) is 17.8 Å². The first-order chi connectivity index (χ1) is 14.3. The van der Waals surface area contributed by atoms with Gasteiger partial charge >= 0.3 is 6.18 Å². The molecule has 13 heteroatoms. The fraction of sp³-hybridized carbons (Fsp3) is 0.167. The summed E-state index contributed by atoms with van der Waals surface area (Å²) in [5, 5.41) is 7.33. The quantitative estimate of drug-likeness (QED) is 0.584. The van der Waals surface area contributed by atoms with Crippen molar-refractivity contribution in [3.63, 3.8) is 0 Å². The number of rotatable bonds is 4. The average molecular weight is 493 g/mol. The number of nitrogens with zero attached hydrogens (tertiary/aromatic N) is 3. The summed E-state index contributed by atoms with van der Waals surface area (Å²) in [6.07, 6.45) is -4.80. The van der Waals surface area contributed by atoms with Crippen LogP contribution in [0, 0.1) is 13.8 Å². The molecular weight excluding hydrogens is 480 g/mol. The Hall–Kier alpha value is -2.63. The summed E-state index contributed by atoms with van der Waals surface area (Å²) in [5.41, 5.74) is -0.147. The molecule has 0 saturated carbocycles. The number of nitrogens with one attached hydrogen (secondary N) is 1. The van der Waals surface area contributed by atoms with Gasteiger partial charge in [0.05, 0.1) is 27.0 Å². The molecule has 0 fully saturated rings. The zero-order valence-electron chi connectivity index (χ0n) is 15.8. The molecule has 0 atom stereocenters. The molecule has 0 spiro atoms. The molecule has 2 aromatic carbocycles. The Balaban J connectivity index is 1.94. The largest absolute Gasteiger partial charge is 0.416 e. The van der Waals surface area contributed by atoms with Crippen molar-refractivity contribution in [1.82, 2.24) is 19.7 Å². The minimum absolute atomic E-state index is 0.161. The summed E-state index contributed by atoms with van der Waals surface area (Å²) in [6, 6.07) is 6.81. The number of carbonyl (C=O) groups excluding carboxylic acids is 1. The minimum Gasteiger partial charge on any atom is -0.266 e. The number of alkyl halides is 3. The summed E-state index contributed by atoms with van der Waals surface area (Å²) in [5.74, 6) is -1.19. The van der Waals surface area contributed by atoms with E-state index < -0.39 is 37.6 Å². The molecule has 1 heterocycles. The topological polar surface area (TPSA) is 93.9 Å². The Bertz CT molecular complexity index is 1290. The van der Waals surface area contributed by atoms with Crippen LogP contribution in [-0.2, 0) is 16.2 Å². The molecule has 3 rings (SSSR count). The first kappa shape index (κ1) is 23.0. The van der Waals surface area contributed by atoms with Crippen LogP contribution in [0.4, 0.5) is 13.2 Å². The van der Waals surface area contributed by atoms with Crippen LogP contribution in [0.5, 0.6) is 0 Å². The molecule has 0 radical (unpaired) electrons. The molecule has 1 aromatic heterocycles. The predicted octanol–water partition coefficient (Wildman–Crippen LogP) is 4.33. The maximum atomic E-state index is 12.9. The first-order valence-corrected chi connectivity index (χ1v) is 10.7. The normalized spacial score (nSPS) is 12.1. The van der Waals surface area contributed by atoms with Gasteiger partial charge in [-0.3, -0.25) is 4.79 Å². The van der Waals surface area contributed by atoms with Crippen molar-refractivity contribution in [2.75, 3.05) is 0 Å². The van der Waals surface area contributed by atoms with Crippen molar-refractivity contribution >= 4 is 39.1 Å². The molecule has 164 valence electrons. The van der Waals surface area contributed by atoms with Gasteiger partial charge < -0.3 is 0 Å². The van der Waals surface area contributed by atoms with Gasteiger partial charge in [0.1, 0.15) is 4.90 Å². The number of amides is 1. The first-order valence-electron chi connectivity index (χ1n) is 8.44. The standard InChI is InChI=1S/C18H13Cl2F3N4O3S/c1-9-3-6-14(13(20)7-9)27-10(2)16(24-26-27)17(28)25-31(29,30)15-8-11(18(21,22)23)4-5-12(15)19/h3-8H,1-2H3,(H,25,28). The van der Waals surface area contributed by atoms with Gasteiger partial charge in [-0.1, -0.05) is 34.5 Å².